The van der Waals surface area contributed by atoms with E-state index in [-0.39, 0.29) is 11.3 Å². The third kappa shape index (κ3) is 4.05. The van der Waals surface area contributed by atoms with Gasteiger partial charge in [0.05, 0.1) is 23.4 Å². The van der Waals surface area contributed by atoms with Gasteiger partial charge in [-0.2, -0.15) is 5.26 Å². The molecule has 1 atom stereocenters. The summed E-state index contributed by atoms with van der Waals surface area (Å²) < 4.78 is 27.2. The summed E-state index contributed by atoms with van der Waals surface area (Å²) >= 11 is 5.75. The topological polar surface area (TPSA) is 70.0 Å². The number of hydrogen-bond donors (Lipinski definition) is 1. The van der Waals surface area contributed by atoms with Crippen molar-refractivity contribution in [3.8, 4) is 6.07 Å². The second-order valence-corrected chi connectivity index (χ2v) is 6.55. The smallest absolute Gasteiger partial charge is 0.207 e. The SMILES string of the molecule is N#CCC(NS(=O)(=O)c1ccc(Cl)cc1)c1ccccc1. The molecule has 1 unspecified atom stereocenters. The average Bonchev–Trinajstić information content (AvgIpc) is 2.48. The van der Waals surface area contributed by atoms with Crippen LogP contribution in [0.1, 0.15) is 18.0 Å². The van der Waals surface area contributed by atoms with Crippen molar-refractivity contribution in [2.45, 2.75) is 17.4 Å². The van der Waals surface area contributed by atoms with Crippen LogP contribution in [0.15, 0.2) is 59.5 Å². The number of rotatable bonds is 5. The summed E-state index contributed by atoms with van der Waals surface area (Å²) in [6.45, 7) is 0. The summed E-state index contributed by atoms with van der Waals surface area (Å²) in [7, 11) is -3.71. The molecule has 108 valence electrons. The lowest BCUT2D eigenvalue weighted by Crippen LogP contribution is -2.28. The number of nitrogens with zero attached hydrogens (tertiary/aromatic N) is 1. The highest BCUT2D eigenvalue weighted by atomic mass is 35.5. The summed E-state index contributed by atoms with van der Waals surface area (Å²) in [5, 5.41) is 9.36. The number of hydrogen-bond acceptors (Lipinski definition) is 3. The Labute approximate surface area is 129 Å². The van der Waals surface area contributed by atoms with Crippen molar-refractivity contribution in [3.05, 3.63) is 65.2 Å². The molecule has 1 N–H and O–H groups in total. The number of sulfonamides is 1. The van der Waals surface area contributed by atoms with E-state index in [4.69, 9.17) is 16.9 Å². The molecular formula is C15H13ClN2O2S. The molecule has 0 bridgehead atoms. The molecule has 0 heterocycles. The molecule has 0 fully saturated rings. The predicted octanol–water partition coefficient (Wildman–Crippen LogP) is 3.27. The lowest BCUT2D eigenvalue weighted by molar-refractivity contribution is 0.559. The molecular weight excluding hydrogens is 308 g/mol. The maximum atomic E-state index is 12.3. The van der Waals surface area contributed by atoms with Crippen LogP contribution in [0.2, 0.25) is 5.02 Å². The molecule has 0 aromatic heterocycles. The van der Waals surface area contributed by atoms with Crippen molar-refractivity contribution < 1.29 is 8.42 Å². The van der Waals surface area contributed by atoms with E-state index >= 15 is 0 Å². The number of halogens is 1. The predicted molar refractivity (Wildman–Crippen MR) is 81.2 cm³/mol. The van der Waals surface area contributed by atoms with E-state index in [1.54, 1.807) is 24.3 Å². The first-order chi connectivity index (χ1) is 10.0. The average molecular weight is 321 g/mol. The summed E-state index contributed by atoms with van der Waals surface area (Å²) in [4.78, 5) is 0.116. The van der Waals surface area contributed by atoms with E-state index in [0.29, 0.717) is 5.02 Å². The zero-order valence-electron chi connectivity index (χ0n) is 11.0. The molecule has 0 aliphatic rings. The molecule has 0 saturated heterocycles. The molecule has 2 aromatic carbocycles. The largest absolute Gasteiger partial charge is 0.241 e. The van der Waals surface area contributed by atoms with E-state index in [2.05, 4.69) is 4.72 Å². The molecule has 0 aliphatic heterocycles. The van der Waals surface area contributed by atoms with Gasteiger partial charge in [-0.15, -0.1) is 0 Å². The second kappa shape index (κ2) is 6.72. The van der Waals surface area contributed by atoms with Crippen LogP contribution in [0.25, 0.3) is 0 Å². The van der Waals surface area contributed by atoms with Crippen LogP contribution in [0.5, 0.6) is 0 Å². The fourth-order valence-electron chi connectivity index (χ4n) is 1.87. The van der Waals surface area contributed by atoms with E-state index < -0.39 is 16.1 Å². The van der Waals surface area contributed by atoms with Crippen molar-refractivity contribution in [1.29, 1.82) is 5.26 Å². The summed E-state index contributed by atoms with van der Waals surface area (Å²) in [5.74, 6) is 0. The van der Waals surface area contributed by atoms with E-state index in [1.807, 2.05) is 12.1 Å². The Hall–Kier alpha value is -1.87. The van der Waals surface area contributed by atoms with Crippen LogP contribution in [-0.4, -0.2) is 8.42 Å². The first-order valence-electron chi connectivity index (χ1n) is 6.23. The minimum Gasteiger partial charge on any atom is -0.207 e. The summed E-state index contributed by atoms with van der Waals surface area (Å²) in [5.41, 5.74) is 0.747. The number of nitrogens with one attached hydrogen (secondary N) is 1. The maximum Gasteiger partial charge on any atom is 0.241 e. The molecule has 0 saturated carbocycles. The molecule has 4 nitrogen and oxygen atoms in total. The van der Waals surface area contributed by atoms with Crippen molar-refractivity contribution in [2.24, 2.45) is 0 Å². The molecule has 0 radical (unpaired) electrons. The lowest BCUT2D eigenvalue weighted by Gasteiger charge is -2.16. The Kier molecular flexibility index (Phi) is 4.97. The van der Waals surface area contributed by atoms with Crippen molar-refractivity contribution in [1.82, 2.24) is 4.72 Å². The quantitative estimate of drug-likeness (QED) is 0.919. The van der Waals surface area contributed by atoms with Gasteiger partial charge in [0.25, 0.3) is 0 Å². The first-order valence-corrected chi connectivity index (χ1v) is 8.09. The molecule has 0 spiro atoms. The monoisotopic (exact) mass is 320 g/mol. The van der Waals surface area contributed by atoms with Gasteiger partial charge in [-0.1, -0.05) is 41.9 Å². The van der Waals surface area contributed by atoms with Crippen molar-refractivity contribution in [2.75, 3.05) is 0 Å². The minimum absolute atomic E-state index is 0.0524. The van der Waals surface area contributed by atoms with E-state index in [9.17, 15) is 8.42 Å². The fourth-order valence-corrected chi connectivity index (χ4v) is 3.22. The highest BCUT2D eigenvalue weighted by Crippen LogP contribution is 2.21. The third-order valence-corrected chi connectivity index (χ3v) is 4.66. The molecule has 0 aliphatic carbocycles. The second-order valence-electron chi connectivity index (χ2n) is 4.40. The standard InChI is InChI=1S/C15H13ClN2O2S/c16-13-6-8-14(9-7-13)21(19,20)18-15(10-11-17)12-4-2-1-3-5-12/h1-9,15,18H,10H2. The van der Waals surface area contributed by atoms with Gasteiger partial charge in [0.1, 0.15) is 0 Å². The van der Waals surface area contributed by atoms with Gasteiger partial charge in [-0.05, 0) is 29.8 Å². The fraction of sp³-hybridized carbons (Fsp3) is 0.133. The number of nitriles is 1. The first kappa shape index (κ1) is 15.5. The van der Waals surface area contributed by atoms with Gasteiger partial charge >= 0.3 is 0 Å². The Morgan fingerprint density at radius 1 is 1.10 bits per heavy atom. The van der Waals surface area contributed by atoms with Crippen LogP contribution >= 0.6 is 11.6 Å². The van der Waals surface area contributed by atoms with Gasteiger partial charge in [-0.3, -0.25) is 0 Å². The highest BCUT2D eigenvalue weighted by molar-refractivity contribution is 7.89. The van der Waals surface area contributed by atoms with Gasteiger partial charge in [0, 0.05) is 5.02 Å². The molecule has 0 amide bonds. The van der Waals surface area contributed by atoms with Gasteiger partial charge in [0.15, 0.2) is 0 Å². The molecule has 2 rings (SSSR count). The third-order valence-electron chi connectivity index (χ3n) is 2.92. The van der Waals surface area contributed by atoms with Crippen LogP contribution in [0.3, 0.4) is 0 Å². The summed E-state index contributed by atoms with van der Waals surface area (Å²) in [6.07, 6.45) is 0.0524. The Bertz CT molecular complexity index is 737. The van der Waals surface area contributed by atoms with Crippen LogP contribution in [0, 0.1) is 11.3 Å². The van der Waals surface area contributed by atoms with E-state index in [0.717, 1.165) is 5.56 Å². The van der Waals surface area contributed by atoms with Crippen molar-refractivity contribution in [3.63, 3.8) is 0 Å². The Morgan fingerprint density at radius 3 is 2.29 bits per heavy atom. The summed E-state index contributed by atoms with van der Waals surface area (Å²) in [6, 6.07) is 16.3. The van der Waals surface area contributed by atoms with Crippen LogP contribution < -0.4 is 4.72 Å². The highest BCUT2D eigenvalue weighted by Gasteiger charge is 2.21. The molecule has 6 heteroatoms. The van der Waals surface area contributed by atoms with E-state index in [1.165, 1.54) is 24.3 Å². The Morgan fingerprint density at radius 2 is 1.71 bits per heavy atom. The van der Waals surface area contributed by atoms with Gasteiger partial charge in [0.2, 0.25) is 10.0 Å². The zero-order chi connectivity index (χ0) is 15.3. The molecule has 21 heavy (non-hydrogen) atoms. The number of benzene rings is 2. The Balaban J connectivity index is 2.28. The normalized spacial score (nSPS) is 12.6. The van der Waals surface area contributed by atoms with Crippen LogP contribution in [-0.2, 0) is 10.0 Å². The van der Waals surface area contributed by atoms with Crippen LogP contribution in [0.4, 0.5) is 0 Å². The zero-order valence-corrected chi connectivity index (χ0v) is 12.6. The maximum absolute atomic E-state index is 12.3. The van der Waals surface area contributed by atoms with Crippen molar-refractivity contribution >= 4 is 21.6 Å². The lowest BCUT2D eigenvalue weighted by atomic mass is 10.1. The van der Waals surface area contributed by atoms with Gasteiger partial charge < -0.3 is 0 Å². The van der Waals surface area contributed by atoms with Gasteiger partial charge in [-0.25, -0.2) is 13.1 Å². The minimum atomic E-state index is -3.71. The molecule has 2 aromatic rings.